The smallest absolute Gasteiger partial charge is 0.0541 e. The molecule has 0 N–H and O–H groups in total. The first-order valence-corrected chi connectivity index (χ1v) is 29.7. The molecule has 1 aromatic heterocycles. The summed E-state index contributed by atoms with van der Waals surface area (Å²) in [5.41, 5.74) is 20.8. The van der Waals surface area contributed by atoms with E-state index in [9.17, 15) is 0 Å². The van der Waals surface area contributed by atoms with Crippen LogP contribution in [0, 0.1) is 0 Å². The van der Waals surface area contributed by atoms with Crippen molar-refractivity contribution < 1.29 is 0 Å². The first-order valence-electron chi connectivity index (χ1n) is 29.7. The van der Waals surface area contributed by atoms with Crippen LogP contribution >= 0.6 is 0 Å². The fraction of sp³-hybridized carbons (Fsp3) is 0.0370. The lowest BCUT2D eigenvalue weighted by atomic mass is 9.99. The largest absolute Gasteiger partial charge is 0.310 e. The molecule has 0 radical (unpaired) electrons. The molecule has 0 unspecified atom stereocenters. The van der Waals surface area contributed by atoms with Crippen molar-refractivity contribution in [3.05, 3.63) is 346 Å². The maximum atomic E-state index is 2.40. The van der Waals surface area contributed by atoms with E-state index in [2.05, 4.69) is 384 Å². The number of hydrogen-bond acceptors (Lipinski definition) is 4. The van der Waals surface area contributed by atoms with Crippen LogP contribution in [0.4, 0.5) is 68.2 Å². The van der Waals surface area contributed by atoms with Crippen molar-refractivity contribution in [3.63, 3.8) is 0 Å². The summed E-state index contributed by atoms with van der Waals surface area (Å²) in [7, 11) is 0. The molecule has 0 fully saturated rings. The van der Waals surface area contributed by atoms with Crippen LogP contribution in [0.5, 0.6) is 0 Å². The number of para-hydroxylation sites is 7. The minimum absolute atomic E-state index is 1.05. The van der Waals surface area contributed by atoms with Gasteiger partial charge in [0.15, 0.2) is 0 Å². The van der Waals surface area contributed by atoms with Crippen molar-refractivity contribution in [2.45, 2.75) is 20.3 Å². The molecule has 86 heavy (non-hydrogen) atoms. The standard InChI is InChI=1S/C78H57N5.C3H8/c1-8-28-62(29-9-1)79(63-30-10-2-11-31-63)71-44-24-46-73(56-71)81(66-36-16-5-17-37-66)69-42-22-26-58(52-69)60-48-50-77-75(54-60)76-55-61(49-51-78(76)83(77)68-40-20-7-21-41-68)59-27-23-43-70(53-59)82(67-38-18-6-19-39-67)74-47-25-45-72(57-74)80(64-32-12-3-13-33-64)65-34-14-4-15-35-65;1-3-2/h1-57H;3H2,1-2H3. The Morgan fingerprint density at radius 1 is 0.209 bits per heavy atom. The average molecular weight is 1110 g/mol. The molecule has 414 valence electrons. The van der Waals surface area contributed by atoms with Crippen molar-refractivity contribution >= 4 is 90.1 Å². The van der Waals surface area contributed by atoms with Crippen LogP contribution in [-0.4, -0.2) is 4.57 Å². The summed E-state index contributed by atoms with van der Waals surface area (Å²) in [5.74, 6) is 0. The minimum Gasteiger partial charge on any atom is -0.310 e. The molecule has 0 aliphatic heterocycles. The molecule has 0 amide bonds. The van der Waals surface area contributed by atoms with Crippen molar-refractivity contribution in [1.29, 1.82) is 0 Å². The van der Waals surface area contributed by atoms with E-state index in [4.69, 9.17) is 0 Å². The van der Waals surface area contributed by atoms with E-state index in [-0.39, 0.29) is 0 Å². The lowest BCUT2D eigenvalue weighted by Gasteiger charge is -2.29. The molecular formula is C81H65N5. The molecule has 5 heteroatoms. The van der Waals surface area contributed by atoms with Gasteiger partial charge in [-0.2, -0.15) is 0 Å². The highest BCUT2D eigenvalue weighted by Gasteiger charge is 2.21. The predicted octanol–water partition coefficient (Wildman–Crippen LogP) is 23.4. The Morgan fingerprint density at radius 3 is 0.721 bits per heavy atom. The summed E-state index contributed by atoms with van der Waals surface area (Å²) >= 11 is 0. The average Bonchev–Trinajstić information content (AvgIpc) is 1.70. The van der Waals surface area contributed by atoms with Gasteiger partial charge in [-0.25, -0.2) is 0 Å². The van der Waals surface area contributed by atoms with Gasteiger partial charge in [0.05, 0.1) is 11.0 Å². The van der Waals surface area contributed by atoms with Crippen LogP contribution in [-0.2, 0) is 0 Å². The molecular weight excluding hydrogens is 1040 g/mol. The third-order valence-electron chi connectivity index (χ3n) is 15.4. The van der Waals surface area contributed by atoms with E-state index >= 15 is 0 Å². The maximum absolute atomic E-state index is 2.40. The number of aromatic nitrogens is 1. The Labute approximate surface area is 505 Å². The summed E-state index contributed by atoms with van der Waals surface area (Å²) < 4.78 is 2.40. The first-order chi connectivity index (χ1) is 42.6. The number of rotatable bonds is 15. The molecule has 0 spiro atoms. The molecule has 1 heterocycles. The molecule has 14 aromatic rings. The van der Waals surface area contributed by atoms with Crippen molar-refractivity contribution in [3.8, 4) is 27.9 Å². The van der Waals surface area contributed by atoms with Gasteiger partial charge in [0, 0.05) is 84.7 Å². The topological polar surface area (TPSA) is 17.9 Å². The molecule has 0 aliphatic carbocycles. The summed E-state index contributed by atoms with van der Waals surface area (Å²) in [4.78, 5) is 9.36. The first kappa shape index (κ1) is 54.1. The number of hydrogen-bond donors (Lipinski definition) is 0. The van der Waals surface area contributed by atoms with Gasteiger partial charge in [0.25, 0.3) is 0 Å². The van der Waals surface area contributed by atoms with Crippen LogP contribution in [0.15, 0.2) is 346 Å². The van der Waals surface area contributed by atoms with Gasteiger partial charge in [-0.3, -0.25) is 0 Å². The summed E-state index contributed by atoms with van der Waals surface area (Å²) in [6.07, 6.45) is 1.25. The van der Waals surface area contributed by atoms with E-state index in [1.165, 1.54) is 17.2 Å². The summed E-state index contributed by atoms with van der Waals surface area (Å²) in [6, 6.07) is 124. The second kappa shape index (κ2) is 25.2. The fourth-order valence-corrected chi connectivity index (χ4v) is 11.7. The zero-order valence-corrected chi connectivity index (χ0v) is 48.4. The zero-order chi connectivity index (χ0) is 58.0. The number of fused-ring (bicyclic) bond motifs is 3. The van der Waals surface area contributed by atoms with Crippen LogP contribution < -0.4 is 19.6 Å². The van der Waals surface area contributed by atoms with Crippen LogP contribution in [0.3, 0.4) is 0 Å². The third kappa shape index (κ3) is 11.3. The Morgan fingerprint density at radius 2 is 0.430 bits per heavy atom. The van der Waals surface area contributed by atoms with E-state index in [1.807, 2.05) is 0 Å². The number of anilines is 12. The molecule has 5 nitrogen and oxygen atoms in total. The monoisotopic (exact) mass is 1110 g/mol. The number of benzene rings is 13. The second-order valence-electron chi connectivity index (χ2n) is 21.3. The summed E-state index contributed by atoms with van der Waals surface area (Å²) in [5, 5.41) is 2.37. The normalized spacial score (nSPS) is 11.0. The maximum Gasteiger partial charge on any atom is 0.0541 e. The van der Waals surface area contributed by atoms with Gasteiger partial charge in [0.1, 0.15) is 0 Å². The molecule has 0 saturated carbocycles. The number of nitrogens with zero attached hydrogens (tertiary/aromatic N) is 5. The highest BCUT2D eigenvalue weighted by Crippen LogP contribution is 2.45. The molecule has 0 atom stereocenters. The quantitative estimate of drug-likeness (QED) is 0.102. The second-order valence-corrected chi connectivity index (χ2v) is 21.3. The van der Waals surface area contributed by atoms with Gasteiger partial charge < -0.3 is 24.2 Å². The van der Waals surface area contributed by atoms with Gasteiger partial charge in [-0.15, -0.1) is 0 Å². The fourth-order valence-electron chi connectivity index (χ4n) is 11.7. The highest BCUT2D eigenvalue weighted by atomic mass is 15.2. The van der Waals surface area contributed by atoms with E-state index in [0.717, 1.165) is 107 Å². The molecule has 0 bridgehead atoms. The van der Waals surface area contributed by atoms with Crippen LogP contribution in [0.1, 0.15) is 20.3 Å². The summed E-state index contributed by atoms with van der Waals surface area (Å²) in [6.45, 7) is 4.25. The van der Waals surface area contributed by atoms with Gasteiger partial charge >= 0.3 is 0 Å². The molecule has 0 saturated heterocycles. The lowest BCUT2D eigenvalue weighted by molar-refractivity contribution is 1.09. The van der Waals surface area contributed by atoms with Crippen LogP contribution in [0.25, 0.3) is 49.7 Å². The minimum atomic E-state index is 1.05. The van der Waals surface area contributed by atoms with E-state index in [0.29, 0.717) is 0 Å². The van der Waals surface area contributed by atoms with Gasteiger partial charge in [-0.05, 0) is 192 Å². The van der Waals surface area contributed by atoms with E-state index < -0.39 is 0 Å². The predicted molar refractivity (Wildman–Crippen MR) is 366 cm³/mol. The van der Waals surface area contributed by atoms with Crippen LogP contribution in [0.2, 0.25) is 0 Å². The van der Waals surface area contributed by atoms with Crippen molar-refractivity contribution in [2.24, 2.45) is 0 Å². The highest BCUT2D eigenvalue weighted by molar-refractivity contribution is 6.12. The van der Waals surface area contributed by atoms with E-state index in [1.54, 1.807) is 0 Å². The Kier molecular flexibility index (Phi) is 15.8. The molecule has 0 aliphatic rings. The van der Waals surface area contributed by atoms with Gasteiger partial charge in [-0.1, -0.05) is 196 Å². The Bertz CT molecular complexity index is 4160. The zero-order valence-electron chi connectivity index (χ0n) is 48.4. The van der Waals surface area contributed by atoms with Crippen molar-refractivity contribution in [2.75, 3.05) is 19.6 Å². The third-order valence-corrected chi connectivity index (χ3v) is 15.4. The van der Waals surface area contributed by atoms with Crippen molar-refractivity contribution in [1.82, 2.24) is 4.57 Å². The lowest BCUT2D eigenvalue weighted by Crippen LogP contribution is -2.13. The Hall–Kier alpha value is -11.1. The SMILES string of the molecule is CCC.c1ccc(N(c2ccccc2)c2cccc(N(c3ccccc3)c3cccc(-c4ccc5c(c4)c4cc(-c6cccc(N(c7ccccc7)c7cccc(N(c8ccccc8)c8ccccc8)c7)c6)ccc4n5-c4ccccc4)c3)c2)cc1. The Balaban J connectivity index is 0.00000224. The molecule has 13 aromatic carbocycles. The molecule has 14 rings (SSSR count). The van der Waals surface area contributed by atoms with Gasteiger partial charge in [0.2, 0.25) is 0 Å².